The zero-order valence-electron chi connectivity index (χ0n) is 46.8. The molecule has 0 amide bonds. The summed E-state index contributed by atoms with van der Waals surface area (Å²) in [5.74, 6) is -1.07. The molecule has 0 aromatic rings. The van der Waals surface area contributed by atoms with Gasteiger partial charge in [-0.25, -0.2) is 0 Å². The highest BCUT2D eigenvalue weighted by atomic mass is 16.6. The maximum Gasteiger partial charge on any atom is 0.306 e. The van der Waals surface area contributed by atoms with E-state index in [0.29, 0.717) is 12.8 Å². The Hall–Kier alpha value is -5.49. The van der Waals surface area contributed by atoms with Crippen molar-refractivity contribution in [2.45, 2.75) is 213 Å². The van der Waals surface area contributed by atoms with E-state index in [-0.39, 0.29) is 44.0 Å². The number of ether oxygens (including phenoxy) is 3. The van der Waals surface area contributed by atoms with Crippen LogP contribution in [-0.2, 0) is 28.6 Å². The molecule has 0 heterocycles. The second kappa shape index (κ2) is 60.1. The second-order valence-electron chi connectivity index (χ2n) is 18.2. The van der Waals surface area contributed by atoms with Crippen LogP contribution in [0.1, 0.15) is 207 Å². The third-order valence-corrected chi connectivity index (χ3v) is 11.2. The first kappa shape index (κ1) is 68.5. The number of rotatable bonds is 49. The van der Waals surface area contributed by atoms with Gasteiger partial charge in [-0.2, -0.15) is 0 Å². The van der Waals surface area contributed by atoms with E-state index in [1.165, 1.54) is 19.3 Å². The van der Waals surface area contributed by atoms with E-state index < -0.39 is 6.10 Å². The number of hydrogen-bond donors (Lipinski definition) is 0. The SMILES string of the molecule is CC/C=C\C/C=C\C/C=C\C/C=C\C/C=C\C/C=C\CCC(=O)OCC(COC(=O)CCCCCCC\C=C/C=C\C=C/C=C\C=C/CCC)OC(=O)CCCCCCCC/C=C\C/C=C\C/C=C\C/C=C\CC. The van der Waals surface area contributed by atoms with Gasteiger partial charge < -0.3 is 14.2 Å². The largest absolute Gasteiger partial charge is 0.462 e. The zero-order chi connectivity index (χ0) is 53.6. The van der Waals surface area contributed by atoms with Gasteiger partial charge in [0.25, 0.3) is 0 Å². The van der Waals surface area contributed by atoms with Crippen LogP contribution in [0.5, 0.6) is 0 Å². The van der Waals surface area contributed by atoms with Crippen molar-refractivity contribution in [2.75, 3.05) is 13.2 Å². The predicted molar refractivity (Wildman–Crippen MR) is 320 cm³/mol. The molecular weight excluding hydrogens is 913 g/mol. The van der Waals surface area contributed by atoms with Crippen LogP contribution in [0.2, 0.25) is 0 Å². The summed E-state index contributed by atoms with van der Waals surface area (Å²) in [7, 11) is 0. The van der Waals surface area contributed by atoms with Crippen molar-refractivity contribution < 1.29 is 28.6 Å². The molecule has 0 aliphatic carbocycles. The highest BCUT2D eigenvalue weighted by Crippen LogP contribution is 2.13. The maximum absolute atomic E-state index is 12.9. The summed E-state index contributed by atoms with van der Waals surface area (Å²) >= 11 is 0. The van der Waals surface area contributed by atoms with E-state index in [9.17, 15) is 14.4 Å². The molecule has 410 valence electrons. The number of esters is 3. The molecule has 0 bridgehead atoms. The first-order valence-corrected chi connectivity index (χ1v) is 28.9. The molecule has 1 unspecified atom stereocenters. The molecule has 0 spiro atoms. The van der Waals surface area contributed by atoms with E-state index in [4.69, 9.17) is 14.2 Å². The summed E-state index contributed by atoms with van der Waals surface area (Å²) in [5.41, 5.74) is 0. The summed E-state index contributed by atoms with van der Waals surface area (Å²) in [6.07, 6.45) is 90.2. The molecule has 0 saturated heterocycles. The minimum atomic E-state index is -0.840. The second-order valence-corrected chi connectivity index (χ2v) is 18.2. The van der Waals surface area contributed by atoms with Crippen molar-refractivity contribution in [1.82, 2.24) is 0 Å². The van der Waals surface area contributed by atoms with E-state index in [0.717, 1.165) is 141 Å². The van der Waals surface area contributed by atoms with Crippen molar-refractivity contribution in [1.29, 1.82) is 0 Å². The van der Waals surface area contributed by atoms with Crippen LogP contribution in [0, 0.1) is 0 Å². The zero-order valence-corrected chi connectivity index (χ0v) is 46.8. The molecule has 0 N–H and O–H groups in total. The van der Waals surface area contributed by atoms with Crippen LogP contribution >= 0.6 is 0 Å². The van der Waals surface area contributed by atoms with E-state index in [1.807, 2.05) is 48.6 Å². The number of carbonyl (C=O) groups excluding carboxylic acids is 3. The fraction of sp³-hybridized carbons (Fsp3) is 0.515. The molecule has 6 heteroatoms. The molecule has 0 aliphatic rings. The normalized spacial score (nSPS) is 13.5. The Labute approximate surface area is 453 Å². The van der Waals surface area contributed by atoms with Crippen molar-refractivity contribution in [2.24, 2.45) is 0 Å². The molecule has 0 aliphatic heterocycles. The number of allylic oxidation sites excluding steroid dienone is 30. The lowest BCUT2D eigenvalue weighted by Crippen LogP contribution is -2.30. The molecule has 0 aromatic heterocycles. The number of hydrogen-bond acceptors (Lipinski definition) is 6. The van der Waals surface area contributed by atoms with Crippen LogP contribution in [0.25, 0.3) is 0 Å². The lowest BCUT2D eigenvalue weighted by atomic mass is 10.1. The first-order chi connectivity index (χ1) is 36.5. The summed E-state index contributed by atoms with van der Waals surface area (Å²) in [6, 6.07) is 0. The van der Waals surface area contributed by atoms with Gasteiger partial charge in [0, 0.05) is 19.3 Å². The molecule has 0 aromatic carbocycles. The summed E-state index contributed by atoms with van der Waals surface area (Å²) in [4.78, 5) is 38.2. The highest BCUT2D eigenvalue weighted by Gasteiger charge is 2.19. The van der Waals surface area contributed by atoms with E-state index in [1.54, 1.807) is 0 Å². The lowest BCUT2D eigenvalue weighted by Gasteiger charge is -2.18. The quantitative estimate of drug-likeness (QED) is 0.0199. The Morgan fingerprint density at radius 1 is 0.297 bits per heavy atom. The lowest BCUT2D eigenvalue weighted by molar-refractivity contribution is -0.166. The summed E-state index contributed by atoms with van der Waals surface area (Å²) in [6.45, 7) is 6.20. The smallest absolute Gasteiger partial charge is 0.306 e. The van der Waals surface area contributed by atoms with Gasteiger partial charge in [-0.05, 0) is 116 Å². The average Bonchev–Trinajstić information content (AvgIpc) is 3.40. The van der Waals surface area contributed by atoms with Gasteiger partial charge in [-0.15, -0.1) is 0 Å². The Balaban J connectivity index is 4.63. The fourth-order valence-electron chi connectivity index (χ4n) is 7.02. The van der Waals surface area contributed by atoms with Gasteiger partial charge in [0.15, 0.2) is 6.10 Å². The van der Waals surface area contributed by atoms with Crippen molar-refractivity contribution in [3.63, 3.8) is 0 Å². The van der Waals surface area contributed by atoms with Crippen LogP contribution < -0.4 is 0 Å². The number of carbonyl (C=O) groups is 3. The Kier molecular flexibility index (Phi) is 55.6. The molecule has 0 rings (SSSR count). The first-order valence-electron chi connectivity index (χ1n) is 28.9. The Morgan fingerprint density at radius 3 is 1.03 bits per heavy atom. The van der Waals surface area contributed by atoms with Crippen LogP contribution in [0.3, 0.4) is 0 Å². The van der Waals surface area contributed by atoms with Crippen LogP contribution in [0.15, 0.2) is 182 Å². The van der Waals surface area contributed by atoms with Crippen molar-refractivity contribution in [3.05, 3.63) is 182 Å². The molecule has 0 radical (unpaired) electrons. The number of unbranched alkanes of at least 4 members (excludes halogenated alkanes) is 12. The van der Waals surface area contributed by atoms with E-state index in [2.05, 4.69) is 154 Å². The fourth-order valence-corrected chi connectivity index (χ4v) is 7.02. The van der Waals surface area contributed by atoms with Gasteiger partial charge >= 0.3 is 17.9 Å². The van der Waals surface area contributed by atoms with Crippen molar-refractivity contribution >= 4 is 17.9 Å². The molecule has 6 nitrogen and oxygen atoms in total. The summed E-state index contributed by atoms with van der Waals surface area (Å²) in [5, 5.41) is 0. The van der Waals surface area contributed by atoms with Gasteiger partial charge in [-0.3, -0.25) is 14.4 Å². The molecule has 74 heavy (non-hydrogen) atoms. The minimum Gasteiger partial charge on any atom is -0.462 e. The molecule has 0 fully saturated rings. The van der Waals surface area contributed by atoms with Crippen LogP contribution in [-0.4, -0.2) is 37.2 Å². The van der Waals surface area contributed by atoms with E-state index >= 15 is 0 Å². The minimum absolute atomic E-state index is 0.131. The predicted octanol–water partition coefficient (Wildman–Crippen LogP) is 19.7. The maximum atomic E-state index is 12.9. The van der Waals surface area contributed by atoms with Gasteiger partial charge in [-0.1, -0.05) is 254 Å². The topological polar surface area (TPSA) is 78.9 Å². The monoisotopic (exact) mass is 1010 g/mol. The Bertz CT molecular complexity index is 1780. The summed E-state index contributed by atoms with van der Waals surface area (Å²) < 4.78 is 16.8. The highest BCUT2D eigenvalue weighted by molar-refractivity contribution is 5.71. The molecule has 0 saturated carbocycles. The molecular formula is C68H102O6. The van der Waals surface area contributed by atoms with Gasteiger partial charge in [0.05, 0.1) is 0 Å². The Morgan fingerprint density at radius 2 is 0.608 bits per heavy atom. The average molecular weight is 1020 g/mol. The van der Waals surface area contributed by atoms with Crippen LogP contribution in [0.4, 0.5) is 0 Å². The third kappa shape index (κ3) is 57.4. The molecule has 1 atom stereocenters. The van der Waals surface area contributed by atoms with Crippen molar-refractivity contribution in [3.8, 4) is 0 Å². The van der Waals surface area contributed by atoms with Gasteiger partial charge in [0.2, 0.25) is 0 Å². The third-order valence-electron chi connectivity index (χ3n) is 11.2. The standard InChI is InChI=1S/C68H102O6/c1-4-7-10-13-16-19-22-25-28-31-34-37-40-43-46-49-52-55-58-61-67(70)73-64-65(63-72-66(69)60-57-54-51-48-45-42-39-36-33-30-27-24-21-18-15-12-9-6-3)74-68(71)62-59-56-53-50-47-44-41-38-35-32-29-26-23-20-17-14-11-8-5-2/h7-8,10-12,15-21,24-30,33-39,43,46,52,55,65H,4-6,9,13-14,22-23,31-32,40-42,44-45,47-51,53-54,56-64H2,1-3H3/b10-7-,11-8-,15-12-,19-16-,20-17-,21-18-,27-24-,28-25-,29-26-,33-30-,37-34-,38-35-,39-36-,46-43-,55-52-. The van der Waals surface area contributed by atoms with Gasteiger partial charge in [0.1, 0.15) is 13.2 Å².